The van der Waals surface area contributed by atoms with Gasteiger partial charge in [0.2, 0.25) is 0 Å². The number of esters is 2. The van der Waals surface area contributed by atoms with Crippen LogP contribution in [-0.4, -0.2) is 56.6 Å². The standard InChI is InChI=1S/C35H56O8/c1-21(2)11-10-14-34(9,40)35(41)18-17-33(8)29(35)23(42-22(3)36)19-25-31(6)15-13-26(43-28(39)20-27(37)38)30(4,5)24(31)12-16-32(25,33)7/h11,23-26,29,40-41H,10,12-20H2,1-9H3,(H,37,38)/t23-,24+,25-,26-,29+,31+,32-,33-,34+,35-/m1/s1. The third kappa shape index (κ3) is 5.36. The Morgan fingerprint density at radius 1 is 0.907 bits per heavy atom. The second-order valence-electron chi connectivity index (χ2n) is 16.3. The van der Waals surface area contributed by atoms with Crippen molar-refractivity contribution in [3.05, 3.63) is 11.6 Å². The molecule has 0 heterocycles. The van der Waals surface area contributed by atoms with Crippen LogP contribution in [0.1, 0.15) is 127 Å². The van der Waals surface area contributed by atoms with Gasteiger partial charge in [0.15, 0.2) is 0 Å². The highest BCUT2D eigenvalue weighted by molar-refractivity contribution is 5.90. The lowest BCUT2D eigenvalue weighted by Crippen LogP contribution is -2.70. The number of allylic oxidation sites excluding steroid dienone is 2. The van der Waals surface area contributed by atoms with Gasteiger partial charge >= 0.3 is 17.9 Å². The highest BCUT2D eigenvalue weighted by Crippen LogP contribution is 2.76. The third-order valence-electron chi connectivity index (χ3n) is 13.4. The largest absolute Gasteiger partial charge is 0.481 e. The van der Waals surface area contributed by atoms with E-state index in [0.29, 0.717) is 32.1 Å². The van der Waals surface area contributed by atoms with Crippen molar-refractivity contribution in [2.75, 3.05) is 0 Å². The highest BCUT2D eigenvalue weighted by Gasteiger charge is 2.75. The van der Waals surface area contributed by atoms with E-state index in [0.717, 1.165) is 25.7 Å². The fraction of sp³-hybridized carbons (Fsp3) is 0.857. The summed E-state index contributed by atoms with van der Waals surface area (Å²) in [7, 11) is 0. The van der Waals surface area contributed by atoms with Crippen molar-refractivity contribution in [2.45, 2.75) is 150 Å². The Hall–Kier alpha value is -1.93. The molecule has 8 nitrogen and oxygen atoms in total. The van der Waals surface area contributed by atoms with Crippen LogP contribution in [0, 0.1) is 39.4 Å². The number of aliphatic hydroxyl groups is 2. The van der Waals surface area contributed by atoms with Crippen LogP contribution < -0.4 is 0 Å². The summed E-state index contributed by atoms with van der Waals surface area (Å²) in [6.45, 7) is 18.5. The zero-order valence-corrected chi connectivity index (χ0v) is 27.9. The molecule has 0 saturated heterocycles. The maximum absolute atomic E-state index is 12.6. The van der Waals surface area contributed by atoms with Crippen molar-refractivity contribution >= 4 is 17.9 Å². The van der Waals surface area contributed by atoms with Crippen molar-refractivity contribution in [3.63, 3.8) is 0 Å². The topological polar surface area (TPSA) is 130 Å². The van der Waals surface area contributed by atoms with Gasteiger partial charge in [0.1, 0.15) is 18.6 Å². The molecule has 4 saturated carbocycles. The lowest BCUT2D eigenvalue weighted by molar-refractivity contribution is -0.274. The molecule has 0 aromatic heterocycles. The van der Waals surface area contributed by atoms with Gasteiger partial charge in [0.25, 0.3) is 0 Å². The summed E-state index contributed by atoms with van der Waals surface area (Å²) in [6.07, 6.45) is 6.69. The molecule has 0 bridgehead atoms. The van der Waals surface area contributed by atoms with Crippen LogP contribution in [0.3, 0.4) is 0 Å². The second-order valence-corrected chi connectivity index (χ2v) is 16.3. The van der Waals surface area contributed by atoms with Gasteiger partial charge in [-0.05, 0) is 107 Å². The number of hydrogen-bond acceptors (Lipinski definition) is 7. The molecular weight excluding hydrogens is 548 g/mol. The monoisotopic (exact) mass is 604 g/mol. The smallest absolute Gasteiger partial charge is 0.317 e. The minimum Gasteiger partial charge on any atom is -0.481 e. The summed E-state index contributed by atoms with van der Waals surface area (Å²) in [5.41, 5.74) is -2.67. The Labute approximate surface area is 258 Å². The Kier molecular flexibility index (Phi) is 8.80. The minimum absolute atomic E-state index is 0.148. The van der Waals surface area contributed by atoms with Gasteiger partial charge in [-0.25, -0.2) is 0 Å². The fourth-order valence-corrected chi connectivity index (χ4v) is 11.1. The average Bonchev–Trinajstić information content (AvgIpc) is 3.15. The van der Waals surface area contributed by atoms with Crippen molar-refractivity contribution in [1.82, 2.24) is 0 Å². The zero-order valence-electron chi connectivity index (χ0n) is 27.9. The van der Waals surface area contributed by atoms with Gasteiger partial charge in [0.05, 0.1) is 11.2 Å². The zero-order chi connectivity index (χ0) is 32.4. The van der Waals surface area contributed by atoms with E-state index in [9.17, 15) is 24.6 Å². The quantitative estimate of drug-likeness (QED) is 0.169. The third-order valence-corrected chi connectivity index (χ3v) is 13.4. The summed E-state index contributed by atoms with van der Waals surface area (Å²) in [5.74, 6) is -2.28. The number of hydrogen-bond donors (Lipinski definition) is 3. The molecule has 3 N–H and O–H groups in total. The van der Waals surface area contributed by atoms with Crippen LogP contribution in [0.15, 0.2) is 11.6 Å². The normalized spacial score (nSPS) is 42.8. The van der Waals surface area contributed by atoms with Crippen molar-refractivity contribution in [1.29, 1.82) is 0 Å². The molecule has 0 amide bonds. The Bertz CT molecular complexity index is 1150. The number of ether oxygens (including phenoxy) is 2. The minimum atomic E-state index is -1.40. The van der Waals surface area contributed by atoms with Gasteiger partial charge in [-0.15, -0.1) is 0 Å². The highest BCUT2D eigenvalue weighted by atomic mass is 16.5. The van der Waals surface area contributed by atoms with E-state index in [1.54, 1.807) is 6.92 Å². The number of carbonyl (C=O) groups is 3. The molecule has 4 aliphatic carbocycles. The molecule has 0 spiro atoms. The molecule has 8 heteroatoms. The molecule has 0 aromatic rings. The average molecular weight is 605 g/mol. The van der Waals surface area contributed by atoms with Crippen LogP contribution >= 0.6 is 0 Å². The molecule has 0 aliphatic heterocycles. The van der Waals surface area contributed by atoms with Crippen LogP contribution in [-0.2, 0) is 23.9 Å². The number of carbonyl (C=O) groups excluding carboxylic acids is 2. The molecule has 0 aromatic carbocycles. The predicted molar refractivity (Wildman–Crippen MR) is 163 cm³/mol. The van der Waals surface area contributed by atoms with Crippen molar-refractivity contribution < 1.29 is 39.2 Å². The molecule has 4 fully saturated rings. The van der Waals surface area contributed by atoms with E-state index in [-0.39, 0.29) is 45.6 Å². The second kappa shape index (κ2) is 11.1. The van der Waals surface area contributed by atoms with Gasteiger partial charge in [0, 0.05) is 18.3 Å². The lowest BCUT2D eigenvalue weighted by atomic mass is 9.35. The summed E-state index contributed by atoms with van der Waals surface area (Å²) < 4.78 is 11.9. The first-order chi connectivity index (χ1) is 19.7. The summed E-state index contributed by atoms with van der Waals surface area (Å²) in [4.78, 5) is 36.1. The van der Waals surface area contributed by atoms with Crippen LogP contribution in [0.2, 0.25) is 0 Å². The van der Waals surface area contributed by atoms with Gasteiger partial charge in [-0.3, -0.25) is 14.4 Å². The number of rotatable bonds is 8. The van der Waals surface area contributed by atoms with Crippen molar-refractivity contribution in [2.24, 2.45) is 39.4 Å². The fourth-order valence-electron chi connectivity index (χ4n) is 11.1. The summed E-state index contributed by atoms with van der Waals surface area (Å²) in [6, 6.07) is 0. The van der Waals surface area contributed by atoms with Gasteiger partial charge in [-0.2, -0.15) is 0 Å². The summed E-state index contributed by atoms with van der Waals surface area (Å²) >= 11 is 0. The molecule has 0 unspecified atom stereocenters. The number of carboxylic acids is 1. The first-order valence-corrected chi connectivity index (χ1v) is 16.3. The molecule has 43 heavy (non-hydrogen) atoms. The molecule has 4 aliphatic rings. The Balaban J connectivity index is 1.72. The van der Waals surface area contributed by atoms with Gasteiger partial charge < -0.3 is 24.8 Å². The number of aliphatic carboxylic acids is 1. The first-order valence-electron chi connectivity index (χ1n) is 16.3. The maximum atomic E-state index is 12.6. The van der Waals surface area contributed by atoms with Crippen LogP contribution in [0.25, 0.3) is 0 Å². The lowest BCUT2D eigenvalue weighted by Gasteiger charge is -2.71. The Morgan fingerprint density at radius 3 is 2.14 bits per heavy atom. The summed E-state index contributed by atoms with van der Waals surface area (Å²) in [5, 5.41) is 33.6. The van der Waals surface area contributed by atoms with E-state index in [1.807, 2.05) is 13.8 Å². The predicted octanol–water partition coefficient (Wildman–Crippen LogP) is 6.21. The van der Waals surface area contributed by atoms with E-state index >= 15 is 0 Å². The number of carboxylic acid groups (broad SMARTS) is 1. The van der Waals surface area contributed by atoms with E-state index < -0.39 is 41.6 Å². The molecule has 10 atom stereocenters. The first kappa shape index (κ1) is 34.0. The molecule has 0 radical (unpaired) electrons. The Morgan fingerprint density at radius 2 is 1.56 bits per heavy atom. The SMILES string of the molecule is CC(=O)O[C@@H]1C[C@@H]2[C@@]3(C)CC[C@@H](OC(=O)CC(=O)O)C(C)(C)[C@@H]3CC[C@@]2(C)[C@]2(C)CC[C@](O)([C@@](C)(O)CCC=C(C)C)[C@@H]12. The number of fused-ring (bicyclic) bond motifs is 5. The maximum Gasteiger partial charge on any atom is 0.317 e. The van der Waals surface area contributed by atoms with E-state index in [2.05, 4.69) is 40.7 Å². The molecular formula is C35H56O8. The van der Waals surface area contributed by atoms with E-state index in [1.165, 1.54) is 12.5 Å². The van der Waals surface area contributed by atoms with Gasteiger partial charge in [-0.1, -0.05) is 46.3 Å². The molecule has 244 valence electrons. The van der Waals surface area contributed by atoms with Crippen LogP contribution in [0.4, 0.5) is 0 Å². The van der Waals surface area contributed by atoms with E-state index in [4.69, 9.17) is 14.6 Å². The van der Waals surface area contributed by atoms with Crippen molar-refractivity contribution in [3.8, 4) is 0 Å². The molecule has 4 rings (SSSR count). The van der Waals surface area contributed by atoms with Crippen LogP contribution in [0.5, 0.6) is 0 Å².